The van der Waals surface area contributed by atoms with Crippen LogP contribution >= 0.6 is 11.6 Å². The molecule has 0 bridgehead atoms. The van der Waals surface area contributed by atoms with Crippen LogP contribution in [0.2, 0.25) is 5.02 Å². The molecule has 4 rings (SSSR count). The summed E-state index contributed by atoms with van der Waals surface area (Å²) in [7, 11) is 0. The summed E-state index contributed by atoms with van der Waals surface area (Å²) in [6, 6.07) is 16.5. The molecule has 2 nitrogen and oxygen atoms in total. The second-order valence-corrected chi connectivity index (χ2v) is 5.42. The molecule has 3 heteroatoms. The molecule has 0 fully saturated rings. The first-order chi connectivity index (χ1) is 9.83. The molecule has 0 amide bonds. The van der Waals surface area contributed by atoms with Gasteiger partial charge in [0, 0.05) is 21.5 Å². The topological polar surface area (TPSA) is 27.8 Å². The van der Waals surface area contributed by atoms with Crippen LogP contribution in [0.3, 0.4) is 0 Å². The van der Waals surface area contributed by atoms with Gasteiger partial charge in [-0.15, -0.1) is 0 Å². The smallest absolute Gasteiger partial charge is 0.0920 e. The largest absolute Gasteiger partial charge is 0.379 e. The standard InChI is InChI=1S/C17H13ClN2/c18-12-7-5-11(6-8-12)16-17-14(9-10-19-16)13-3-1-2-4-15(13)20-17/h1-10,16,19-20H. The number of aromatic amines is 1. The highest BCUT2D eigenvalue weighted by Gasteiger charge is 2.22. The van der Waals surface area contributed by atoms with Crippen molar-refractivity contribution >= 4 is 28.6 Å². The quantitative estimate of drug-likeness (QED) is 0.675. The van der Waals surface area contributed by atoms with Gasteiger partial charge in [-0.25, -0.2) is 0 Å². The number of nitrogens with one attached hydrogen (secondary N) is 2. The van der Waals surface area contributed by atoms with E-state index < -0.39 is 0 Å². The Bertz CT molecular complexity index is 799. The van der Waals surface area contributed by atoms with Gasteiger partial charge in [0.1, 0.15) is 0 Å². The zero-order chi connectivity index (χ0) is 13.5. The lowest BCUT2D eigenvalue weighted by atomic mass is 9.97. The van der Waals surface area contributed by atoms with E-state index in [0.29, 0.717) is 0 Å². The predicted molar refractivity (Wildman–Crippen MR) is 83.8 cm³/mol. The van der Waals surface area contributed by atoms with Gasteiger partial charge in [-0.05, 0) is 36.0 Å². The lowest BCUT2D eigenvalue weighted by molar-refractivity contribution is 0.704. The van der Waals surface area contributed by atoms with E-state index in [-0.39, 0.29) is 6.04 Å². The van der Waals surface area contributed by atoms with Crippen LogP contribution in [0.15, 0.2) is 54.7 Å². The zero-order valence-electron chi connectivity index (χ0n) is 10.7. The first-order valence-electron chi connectivity index (χ1n) is 6.61. The van der Waals surface area contributed by atoms with Crippen LogP contribution in [0.1, 0.15) is 22.9 Å². The Kier molecular flexibility index (Phi) is 2.57. The van der Waals surface area contributed by atoms with E-state index in [4.69, 9.17) is 11.6 Å². The third kappa shape index (κ3) is 1.73. The molecular formula is C17H13ClN2. The maximum absolute atomic E-state index is 5.97. The predicted octanol–water partition coefficient (Wildman–Crippen LogP) is 4.48. The van der Waals surface area contributed by atoms with Gasteiger partial charge in [-0.2, -0.15) is 0 Å². The van der Waals surface area contributed by atoms with Gasteiger partial charge in [-0.1, -0.05) is 41.9 Å². The number of hydrogen-bond donors (Lipinski definition) is 2. The van der Waals surface area contributed by atoms with Crippen LogP contribution < -0.4 is 5.32 Å². The fraction of sp³-hybridized carbons (Fsp3) is 0.0588. The minimum atomic E-state index is 0.139. The van der Waals surface area contributed by atoms with Crippen molar-refractivity contribution in [1.29, 1.82) is 0 Å². The van der Waals surface area contributed by atoms with Gasteiger partial charge in [-0.3, -0.25) is 0 Å². The molecule has 2 N–H and O–H groups in total. The molecule has 2 aromatic carbocycles. The first-order valence-corrected chi connectivity index (χ1v) is 6.99. The summed E-state index contributed by atoms with van der Waals surface area (Å²) in [5.41, 5.74) is 4.84. The summed E-state index contributed by atoms with van der Waals surface area (Å²) >= 11 is 5.97. The van der Waals surface area contributed by atoms with Crippen molar-refractivity contribution in [2.75, 3.05) is 0 Å². The molecule has 1 aliphatic heterocycles. The molecule has 1 aliphatic rings. The Balaban J connectivity index is 1.90. The third-order valence-electron chi connectivity index (χ3n) is 3.78. The van der Waals surface area contributed by atoms with Gasteiger partial charge in [0.15, 0.2) is 0 Å². The van der Waals surface area contributed by atoms with Crippen molar-refractivity contribution in [3.8, 4) is 0 Å². The number of benzene rings is 2. The minimum Gasteiger partial charge on any atom is -0.379 e. The zero-order valence-corrected chi connectivity index (χ0v) is 11.5. The van der Waals surface area contributed by atoms with E-state index in [9.17, 15) is 0 Å². The van der Waals surface area contributed by atoms with E-state index in [1.807, 2.05) is 18.3 Å². The molecule has 0 spiro atoms. The number of aromatic nitrogens is 1. The van der Waals surface area contributed by atoms with Crippen LogP contribution in [-0.2, 0) is 0 Å². The monoisotopic (exact) mass is 280 g/mol. The molecule has 98 valence electrons. The summed E-state index contributed by atoms with van der Waals surface area (Å²) in [5.74, 6) is 0. The first kappa shape index (κ1) is 11.6. The Morgan fingerprint density at radius 3 is 2.60 bits per heavy atom. The van der Waals surface area contributed by atoms with E-state index in [2.05, 4.69) is 52.8 Å². The second-order valence-electron chi connectivity index (χ2n) is 4.98. The summed E-state index contributed by atoms with van der Waals surface area (Å²) in [6.45, 7) is 0. The number of fused-ring (bicyclic) bond motifs is 3. The average Bonchev–Trinajstić information content (AvgIpc) is 2.87. The molecule has 1 atom stereocenters. The molecule has 0 saturated carbocycles. The Hall–Kier alpha value is -2.19. The maximum atomic E-state index is 5.97. The fourth-order valence-electron chi connectivity index (χ4n) is 2.82. The van der Waals surface area contributed by atoms with Crippen molar-refractivity contribution < 1.29 is 0 Å². The molecular weight excluding hydrogens is 268 g/mol. The van der Waals surface area contributed by atoms with Crippen molar-refractivity contribution in [2.45, 2.75) is 6.04 Å². The number of hydrogen-bond acceptors (Lipinski definition) is 1. The third-order valence-corrected chi connectivity index (χ3v) is 4.03. The highest BCUT2D eigenvalue weighted by molar-refractivity contribution is 6.30. The lowest BCUT2D eigenvalue weighted by Gasteiger charge is -2.21. The summed E-state index contributed by atoms with van der Waals surface area (Å²) in [6.07, 6.45) is 4.14. The van der Waals surface area contributed by atoms with Crippen LogP contribution in [-0.4, -0.2) is 4.98 Å². The number of H-pyrrole nitrogens is 1. The normalized spacial score (nSPS) is 16.9. The Morgan fingerprint density at radius 2 is 1.75 bits per heavy atom. The van der Waals surface area contributed by atoms with Gasteiger partial charge in [0.05, 0.1) is 11.7 Å². The molecule has 0 radical (unpaired) electrons. The van der Waals surface area contributed by atoms with Gasteiger partial charge >= 0.3 is 0 Å². The average molecular weight is 281 g/mol. The summed E-state index contributed by atoms with van der Waals surface area (Å²) in [5, 5.41) is 5.44. The summed E-state index contributed by atoms with van der Waals surface area (Å²) < 4.78 is 0. The lowest BCUT2D eigenvalue weighted by Crippen LogP contribution is -2.20. The molecule has 1 unspecified atom stereocenters. The Labute approximate surface area is 122 Å². The molecule has 3 aromatic rings. The molecule has 0 aliphatic carbocycles. The van der Waals surface area contributed by atoms with Gasteiger partial charge < -0.3 is 10.3 Å². The van der Waals surface area contributed by atoms with Crippen molar-refractivity contribution in [3.63, 3.8) is 0 Å². The molecule has 20 heavy (non-hydrogen) atoms. The van der Waals surface area contributed by atoms with Crippen LogP contribution in [0.25, 0.3) is 17.0 Å². The van der Waals surface area contributed by atoms with Crippen molar-refractivity contribution in [3.05, 3.63) is 76.6 Å². The van der Waals surface area contributed by atoms with Gasteiger partial charge in [0.2, 0.25) is 0 Å². The molecule has 2 heterocycles. The molecule has 0 saturated heterocycles. The fourth-order valence-corrected chi connectivity index (χ4v) is 2.95. The van der Waals surface area contributed by atoms with Crippen LogP contribution in [0.5, 0.6) is 0 Å². The van der Waals surface area contributed by atoms with Crippen LogP contribution in [0, 0.1) is 0 Å². The number of rotatable bonds is 1. The number of halogens is 1. The van der Waals surface area contributed by atoms with Crippen molar-refractivity contribution in [1.82, 2.24) is 10.3 Å². The minimum absolute atomic E-state index is 0.139. The second kappa shape index (κ2) is 4.43. The van der Waals surface area contributed by atoms with Crippen molar-refractivity contribution in [2.24, 2.45) is 0 Å². The van der Waals surface area contributed by atoms with Crippen LogP contribution in [0.4, 0.5) is 0 Å². The van der Waals surface area contributed by atoms with E-state index in [1.54, 1.807) is 0 Å². The van der Waals surface area contributed by atoms with E-state index in [1.165, 1.54) is 27.7 Å². The SMILES string of the molecule is Clc1ccc(C2NC=Cc3c2[nH]c2ccccc32)cc1. The highest BCUT2D eigenvalue weighted by Crippen LogP contribution is 2.34. The summed E-state index contributed by atoms with van der Waals surface area (Å²) in [4.78, 5) is 3.53. The van der Waals surface area contributed by atoms with E-state index in [0.717, 1.165) is 5.02 Å². The van der Waals surface area contributed by atoms with E-state index >= 15 is 0 Å². The molecule has 1 aromatic heterocycles. The Morgan fingerprint density at radius 1 is 0.950 bits per heavy atom. The number of para-hydroxylation sites is 1. The van der Waals surface area contributed by atoms with Gasteiger partial charge in [0.25, 0.3) is 0 Å². The maximum Gasteiger partial charge on any atom is 0.0920 e. The highest BCUT2D eigenvalue weighted by atomic mass is 35.5.